The molecule has 0 heterocycles. The van der Waals surface area contributed by atoms with Gasteiger partial charge in [0.1, 0.15) is 5.75 Å². The summed E-state index contributed by atoms with van der Waals surface area (Å²) in [6, 6.07) is 5.81. The first kappa shape index (κ1) is 8.36. The van der Waals surface area contributed by atoms with Crippen LogP contribution in [0.2, 0.25) is 0 Å². The quantitative estimate of drug-likeness (QED) is 0.648. The number of phenolic OH excluding ortho intramolecular Hbond substituents is 1. The second-order valence-electron chi connectivity index (χ2n) is 3.67. The van der Waals surface area contributed by atoms with Gasteiger partial charge in [0.25, 0.3) is 0 Å². The molecule has 0 radical (unpaired) electrons. The van der Waals surface area contributed by atoms with Crippen LogP contribution in [0.4, 0.5) is 0 Å². The standard InChI is InChI=1S/C12H14O/c1-9-6-7-12(13)11(8-9)10-4-2-3-5-10/h2,4,6-8,10,13H,3,5H2,1H3/t10-/m0/s1. The highest BCUT2D eigenvalue weighted by Crippen LogP contribution is 2.34. The van der Waals surface area contributed by atoms with Crippen LogP contribution in [-0.2, 0) is 0 Å². The molecule has 0 saturated heterocycles. The van der Waals surface area contributed by atoms with Gasteiger partial charge in [0.2, 0.25) is 0 Å². The summed E-state index contributed by atoms with van der Waals surface area (Å²) in [6.45, 7) is 2.06. The molecule has 1 aliphatic carbocycles. The fourth-order valence-electron chi connectivity index (χ4n) is 1.86. The van der Waals surface area contributed by atoms with Crippen LogP contribution in [0.3, 0.4) is 0 Å². The molecule has 0 unspecified atom stereocenters. The molecular weight excluding hydrogens is 160 g/mol. The topological polar surface area (TPSA) is 20.2 Å². The largest absolute Gasteiger partial charge is 0.508 e. The summed E-state index contributed by atoms with van der Waals surface area (Å²) in [5.41, 5.74) is 2.29. The first-order valence-electron chi connectivity index (χ1n) is 4.73. The predicted molar refractivity (Wildman–Crippen MR) is 54.0 cm³/mol. The van der Waals surface area contributed by atoms with Crippen molar-refractivity contribution in [3.05, 3.63) is 41.5 Å². The van der Waals surface area contributed by atoms with Crippen molar-refractivity contribution in [3.63, 3.8) is 0 Å². The number of allylic oxidation sites excluding steroid dienone is 2. The first-order chi connectivity index (χ1) is 6.27. The average molecular weight is 174 g/mol. The smallest absolute Gasteiger partial charge is 0.119 e. The number of hydrogen-bond donors (Lipinski definition) is 1. The van der Waals surface area contributed by atoms with E-state index in [4.69, 9.17) is 0 Å². The van der Waals surface area contributed by atoms with Crippen molar-refractivity contribution in [2.75, 3.05) is 0 Å². The van der Waals surface area contributed by atoms with Gasteiger partial charge < -0.3 is 5.11 Å². The highest BCUT2D eigenvalue weighted by Gasteiger charge is 2.14. The Morgan fingerprint density at radius 3 is 2.92 bits per heavy atom. The number of benzene rings is 1. The summed E-state index contributed by atoms with van der Waals surface area (Å²) < 4.78 is 0. The molecule has 13 heavy (non-hydrogen) atoms. The molecule has 0 spiro atoms. The maximum atomic E-state index is 9.66. The molecule has 1 aromatic carbocycles. The molecule has 2 rings (SSSR count). The van der Waals surface area contributed by atoms with Crippen LogP contribution in [0.15, 0.2) is 30.4 Å². The SMILES string of the molecule is Cc1ccc(O)c([C@H]2C=CCC2)c1. The lowest BCUT2D eigenvalue weighted by Crippen LogP contribution is -1.92. The van der Waals surface area contributed by atoms with E-state index in [9.17, 15) is 5.11 Å². The normalized spacial score (nSPS) is 20.8. The van der Waals surface area contributed by atoms with E-state index >= 15 is 0 Å². The third-order valence-corrected chi connectivity index (χ3v) is 2.60. The Morgan fingerprint density at radius 2 is 2.23 bits per heavy atom. The molecule has 1 aromatic rings. The van der Waals surface area contributed by atoms with Crippen LogP contribution in [0, 0.1) is 6.92 Å². The molecule has 0 aromatic heterocycles. The minimum Gasteiger partial charge on any atom is -0.508 e. The molecule has 1 heteroatoms. The van der Waals surface area contributed by atoms with Gasteiger partial charge in [-0.2, -0.15) is 0 Å². The highest BCUT2D eigenvalue weighted by molar-refractivity contribution is 5.41. The van der Waals surface area contributed by atoms with Crippen LogP contribution in [-0.4, -0.2) is 5.11 Å². The Kier molecular flexibility index (Phi) is 2.09. The fourth-order valence-corrected chi connectivity index (χ4v) is 1.86. The van der Waals surface area contributed by atoms with Gasteiger partial charge in [0, 0.05) is 11.5 Å². The van der Waals surface area contributed by atoms with Crippen molar-refractivity contribution in [1.29, 1.82) is 0 Å². The fraction of sp³-hybridized carbons (Fsp3) is 0.333. The third kappa shape index (κ3) is 1.59. The van der Waals surface area contributed by atoms with Crippen LogP contribution < -0.4 is 0 Å². The van der Waals surface area contributed by atoms with Crippen LogP contribution in [0.5, 0.6) is 5.75 Å². The summed E-state index contributed by atoms with van der Waals surface area (Å²) in [5, 5.41) is 9.66. The molecule has 1 nitrogen and oxygen atoms in total. The minimum absolute atomic E-state index is 0.430. The second kappa shape index (κ2) is 3.25. The molecule has 0 fully saturated rings. The molecule has 68 valence electrons. The summed E-state index contributed by atoms with van der Waals surface area (Å²) in [7, 11) is 0. The molecule has 1 aliphatic rings. The van der Waals surface area contributed by atoms with E-state index in [2.05, 4.69) is 25.1 Å². The van der Waals surface area contributed by atoms with Crippen molar-refractivity contribution in [3.8, 4) is 5.75 Å². The molecule has 0 aliphatic heterocycles. The second-order valence-corrected chi connectivity index (χ2v) is 3.67. The summed E-state index contributed by atoms with van der Waals surface area (Å²) in [5.74, 6) is 0.863. The van der Waals surface area contributed by atoms with Crippen molar-refractivity contribution < 1.29 is 5.11 Å². The zero-order chi connectivity index (χ0) is 9.26. The Hall–Kier alpha value is -1.24. The van der Waals surface area contributed by atoms with E-state index in [1.54, 1.807) is 6.07 Å². The van der Waals surface area contributed by atoms with Gasteiger partial charge in [0.05, 0.1) is 0 Å². The molecular formula is C12H14O. The van der Waals surface area contributed by atoms with E-state index in [1.165, 1.54) is 5.56 Å². The van der Waals surface area contributed by atoms with Gasteiger partial charge in [-0.25, -0.2) is 0 Å². The van der Waals surface area contributed by atoms with Crippen molar-refractivity contribution in [1.82, 2.24) is 0 Å². The summed E-state index contributed by atoms with van der Waals surface area (Å²) in [4.78, 5) is 0. The summed E-state index contributed by atoms with van der Waals surface area (Å²) >= 11 is 0. The van der Waals surface area contributed by atoms with E-state index in [1.807, 2.05) is 6.07 Å². The van der Waals surface area contributed by atoms with E-state index in [0.717, 1.165) is 18.4 Å². The molecule has 0 bridgehead atoms. The van der Waals surface area contributed by atoms with Gasteiger partial charge in [-0.15, -0.1) is 0 Å². The van der Waals surface area contributed by atoms with Gasteiger partial charge in [0.15, 0.2) is 0 Å². The van der Waals surface area contributed by atoms with Crippen molar-refractivity contribution >= 4 is 0 Å². The maximum Gasteiger partial charge on any atom is 0.119 e. The number of phenols is 1. The van der Waals surface area contributed by atoms with E-state index in [0.29, 0.717) is 11.7 Å². The number of hydrogen-bond acceptors (Lipinski definition) is 1. The maximum absolute atomic E-state index is 9.66. The predicted octanol–water partition coefficient (Wildman–Crippen LogP) is 3.13. The van der Waals surface area contributed by atoms with Crippen LogP contribution in [0.25, 0.3) is 0 Å². The van der Waals surface area contributed by atoms with Gasteiger partial charge >= 0.3 is 0 Å². The van der Waals surface area contributed by atoms with Crippen LogP contribution in [0.1, 0.15) is 29.9 Å². The Bertz CT molecular complexity index is 339. The lowest BCUT2D eigenvalue weighted by molar-refractivity contribution is 0.464. The lowest BCUT2D eigenvalue weighted by Gasteiger charge is -2.10. The van der Waals surface area contributed by atoms with Crippen molar-refractivity contribution in [2.24, 2.45) is 0 Å². The van der Waals surface area contributed by atoms with Crippen molar-refractivity contribution in [2.45, 2.75) is 25.7 Å². The number of aromatic hydroxyl groups is 1. The summed E-state index contributed by atoms with van der Waals surface area (Å²) in [6.07, 6.45) is 6.65. The van der Waals surface area contributed by atoms with Gasteiger partial charge in [-0.05, 0) is 25.8 Å². The highest BCUT2D eigenvalue weighted by atomic mass is 16.3. The molecule has 0 saturated carbocycles. The monoisotopic (exact) mass is 174 g/mol. The van der Waals surface area contributed by atoms with Gasteiger partial charge in [-0.1, -0.05) is 29.8 Å². The molecule has 0 amide bonds. The molecule has 1 N–H and O–H groups in total. The molecule has 1 atom stereocenters. The minimum atomic E-state index is 0.430. The average Bonchev–Trinajstić information content (AvgIpc) is 2.61. The Labute approximate surface area is 78.7 Å². The first-order valence-corrected chi connectivity index (χ1v) is 4.73. The Balaban J connectivity index is 2.37. The third-order valence-electron chi connectivity index (χ3n) is 2.60. The zero-order valence-electron chi connectivity index (χ0n) is 7.83. The van der Waals surface area contributed by atoms with E-state index < -0.39 is 0 Å². The van der Waals surface area contributed by atoms with Crippen LogP contribution >= 0.6 is 0 Å². The lowest BCUT2D eigenvalue weighted by atomic mass is 9.96. The van der Waals surface area contributed by atoms with Gasteiger partial charge in [-0.3, -0.25) is 0 Å². The van der Waals surface area contributed by atoms with E-state index in [-0.39, 0.29) is 0 Å². The Morgan fingerprint density at radius 1 is 1.38 bits per heavy atom. The number of aryl methyl sites for hydroxylation is 1. The zero-order valence-corrected chi connectivity index (χ0v) is 7.83. The number of rotatable bonds is 1.